The lowest BCUT2D eigenvalue weighted by Gasteiger charge is -2.20. The fourth-order valence-electron chi connectivity index (χ4n) is 1.82. The third kappa shape index (κ3) is 6.35. The highest BCUT2D eigenvalue weighted by Crippen LogP contribution is 2.14. The van der Waals surface area contributed by atoms with Crippen molar-refractivity contribution in [1.82, 2.24) is 4.72 Å². The van der Waals surface area contributed by atoms with Gasteiger partial charge in [0.05, 0.1) is 4.90 Å². The van der Waals surface area contributed by atoms with Crippen LogP contribution in [-0.4, -0.2) is 22.5 Å². The van der Waals surface area contributed by atoms with Crippen LogP contribution in [0.25, 0.3) is 0 Å². The van der Waals surface area contributed by atoms with Gasteiger partial charge in [-0.3, -0.25) is 0 Å². The smallest absolute Gasteiger partial charge is 0.207 e. The molecule has 0 bridgehead atoms. The van der Waals surface area contributed by atoms with Gasteiger partial charge in [0.2, 0.25) is 10.0 Å². The molecule has 0 radical (unpaired) electrons. The first-order valence-electron chi connectivity index (χ1n) is 7.60. The van der Waals surface area contributed by atoms with E-state index in [1.54, 1.807) is 12.1 Å². The summed E-state index contributed by atoms with van der Waals surface area (Å²) >= 11 is 0. The van der Waals surface area contributed by atoms with Crippen LogP contribution < -0.4 is 4.72 Å². The zero-order valence-corrected chi connectivity index (χ0v) is 16.2. The highest BCUT2D eigenvalue weighted by molar-refractivity contribution is 7.89. The number of aryl methyl sites for hydroxylation is 1. The van der Waals surface area contributed by atoms with Gasteiger partial charge in [0.15, 0.2) is 0 Å². The number of hydrogen-bond donors (Lipinski definition) is 1. The van der Waals surface area contributed by atoms with Gasteiger partial charge in [-0.1, -0.05) is 51.2 Å². The lowest BCUT2D eigenvalue weighted by molar-refractivity contribution is 0.455. The maximum Gasteiger partial charge on any atom is 0.240 e. The summed E-state index contributed by atoms with van der Waals surface area (Å²) in [4.78, 5) is 0.307. The predicted molar refractivity (Wildman–Crippen MR) is 95.9 cm³/mol. The number of sulfonamides is 1. The van der Waals surface area contributed by atoms with E-state index in [4.69, 9.17) is 0 Å². The van der Waals surface area contributed by atoms with Crippen LogP contribution in [0.2, 0.25) is 19.6 Å². The van der Waals surface area contributed by atoms with E-state index in [9.17, 15) is 8.42 Å². The van der Waals surface area contributed by atoms with Crippen LogP contribution in [0.15, 0.2) is 29.2 Å². The first-order valence-corrected chi connectivity index (χ1v) is 12.6. The second-order valence-corrected chi connectivity index (χ2v) is 13.5. The molecular weight excluding hydrogens is 310 g/mol. The van der Waals surface area contributed by atoms with Gasteiger partial charge in [-0.15, -0.1) is 11.5 Å². The van der Waals surface area contributed by atoms with Gasteiger partial charge in [0, 0.05) is 12.5 Å². The molecule has 22 heavy (non-hydrogen) atoms. The number of rotatable bonds is 5. The van der Waals surface area contributed by atoms with E-state index < -0.39 is 18.1 Å². The molecule has 3 nitrogen and oxygen atoms in total. The van der Waals surface area contributed by atoms with Crippen LogP contribution in [0.5, 0.6) is 0 Å². The Morgan fingerprint density at radius 2 is 1.68 bits per heavy atom. The molecule has 0 heterocycles. The molecule has 0 amide bonds. The topological polar surface area (TPSA) is 46.2 Å². The SMILES string of the molecule is Cc1ccc(S(=O)(=O)N[C@@H](CC#C[Si](C)(C)C)C(C)C)cc1. The number of hydrogen-bond acceptors (Lipinski definition) is 2. The minimum absolute atomic E-state index is 0.171. The van der Waals surface area contributed by atoms with Crippen molar-refractivity contribution in [3.05, 3.63) is 29.8 Å². The molecule has 0 aliphatic rings. The van der Waals surface area contributed by atoms with Gasteiger partial charge < -0.3 is 0 Å². The Morgan fingerprint density at radius 1 is 1.14 bits per heavy atom. The monoisotopic (exact) mass is 337 g/mol. The summed E-state index contributed by atoms with van der Waals surface area (Å²) in [6.45, 7) is 12.5. The largest absolute Gasteiger partial charge is 0.240 e. The van der Waals surface area contributed by atoms with Gasteiger partial charge in [0.25, 0.3) is 0 Å². The van der Waals surface area contributed by atoms with Gasteiger partial charge in [0.1, 0.15) is 8.07 Å². The first-order chi connectivity index (χ1) is 10.0. The maximum absolute atomic E-state index is 12.5. The molecule has 0 aliphatic heterocycles. The van der Waals surface area contributed by atoms with Gasteiger partial charge in [-0.2, -0.15) is 0 Å². The van der Waals surface area contributed by atoms with Crippen molar-refractivity contribution < 1.29 is 8.42 Å². The zero-order chi connectivity index (χ0) is 17.0. The molecule has 122 valence electrons. The van der Waals surface area contributed by atoms with Crippen LogP contribution >= 0.6 is 0 Å². The Labute approximate surface area is 136 Å². The Bertz CT molecular complexity index is 647. The van der Waals surface area contributed by atoms with Crippen molar-refractivity contribution in [2.75, 3.05) is 0 Å². The summed E-state index contributed by atoms with van der Waals surface area (Å²) in [6, 6.07) is 6.73. The third-order valence-electron chi connectivity index (χ3n) is 3.23. The summed E-state index contributed by atoms with van der Waals surface area (Å²) in [5.41, 5.74) is 4.34. The molecule has 1 N–H and O–H groups in total. The fraction of sp³-hybridized carbons (Fsp3) is 0.529. The molecule has 0 spiro atoms. The van der Waals surface area contributed by atoms with E-state index in [1.807, 2.05) is 32.9 Å². The Morgan fingerprint density at radius 3 is 2.14 bits per heavy atom. The molecule has 0 fully saturated rings. The molecule has 0 aliphatic carbocycles. The maximum atomic E-state index is 12.5. The van der Waals surface area contributed by atoms with Gasteiger partial charge in [-0.25, -0.2) is 13.1 Å². The average molecular weight is 338 g/mol. The van der Waals surface area contributed by atoms with E-state index in [1.165, 1.54) is 0 Å². The van der Waals surface area contributed by atoms with E-state index in [2.05, 4.69) is 35.8 Å². The van der Waals surface area contributed by atoms with Crippen molar-refractivity contribution in [1.29, 1.82) is 0 Å². The fourth-order valence-corrected chi connectivity index (χ4v) is 3.84. The molecule has 0 saturated carbocycles. The van der Waals surface area contributed by atoms with Crippen molar-refractivity contribution >= 4 is 18.1 Å². The van der Waals surface area contributed by atoms with Gasteiger partial charge in [-0.05, 0) is 25.0 Å². The van der Waals surface area contributed by atoms with Crippen LogP contribution in [0.1, 0.15) is 25.8 Å². The Balaban J connectivity index is 2.90. The Kier molecular flexibility index (Phi) is 6.42. The normalized spacial score (nSPS) is 13.6. The van der Waals surface area contributed by atoms with E-state index >= 15 is 0 Å². The molecule has 1 aromatic rings. The van der Waals surface area contributed by atoms with Crippen LogP contribution in [0, 0.1) is 24.3 Å². The zero-order valence-electron chi connectivity index (χ0n) is 14.4. The highest BCUT2D eigenvalue weighted by atomic mass is 32.2. The van der Waals surface area contributed by atoms with Crippen molar-refractivity contribution in [2.45, 2.75) is 57.8 Å². The molecule has 5 heteroatoms. The lowest BCUT2D eigenvalue weighted by atomic mass is 10.0. The van der Waals surface area contributed by atoms with Crippen LogP contribution in [-0.2, 0) is 10.0 Å². The third-order valence-corrected chi connectivity index (χ3v) is 5.66. The predicted octanol–water partition coefficient (Wildman–Crippen LogP) is 3.57. The van der Waals surface area contributed by atoms with E-state index in [0.29, 0.717) is 11.3 Å². The standard InChI is InChI=1S/C17H27NO2SSi/c1-14(2)17(8-7-13-22(4,5)6)18-21(19,20)16-11-9-15(3)10-12-16/h9-12,14,17-18H,8H2,1-6H3/t17-/m0/s1. The summed E-state index contributed by atoms with van der Waals surface area (Å²) in [5, 5.41) is 0. The van der Waals surface area contributed by atoms with E-state index in [-0.39, 0.29) is 12.0 Å². The molecular formula is C17H27NO2SSi. The first kappa shape index (κ1) is 19.0. The van der Waals surface area contributed by atoms with Crippen LogP contribution in [0.4, 0.5) is 0 Å². The quantitative estimate of drug-likeness (QED) is 0.659. The molecule has 1 aromatic carbocycles. The van der Waals surface area contributed by atoms with Crippen molar-refractivity contribution in [2.24, 2.45) is 5.92 Å². The van der Waals surface area contributed by atoms with Crippen LogP contribution in [0.3, 0.4) is 0 Å². The van der Waals surface area contributed by atoms with E-state index in [0.717, 1.165) is 5.56 Å². The highest BCUT2D eigenvalue weighted by Gasteiger charge is 2.22. The molecule has 0 aromatic heterocycles. The average Bonchev–Trinajstić information content (AvgIpc) is 2.36. The minimum atomic E-state index is -3.49. The molecule has 0 saturated heterocycles. The number of nitrogens with one attached hydrogen (secondary N) is 1. The second-order valence-electron chi connectivity index (χ2n) is 7.04. The lowest BCUT2D eigenvalue weighted by Crippen LogP contribution is -2.38. The van der Waals surface area contributed by atoms with Gasteiger partial charge >= 0.3 is 0 Å². The van der Waals surface area contributed by atoms with Crippen molar-refractivity contribution in [3.8, 4) is 11.5 Å². The number of benzene rings is 1. The molecule has 1 atom stereocenters. The summed E-state index contributed by atoms with van der Waals surface area (Å²) in [5.74, 6) is 3.37. The van der Waals surface area contributed by atoms with Crippen molar-refractivity contribution in [3.63, 3.8) is 0 Å². The summed E-state index contributed by atoms with van der Waals surface area (Å²) in [7, 11) is -4.92. The Hall–Kier alpha value is -1.09. The molecule has 1 rings (SSSR count). The summed E-state index contributed by atoms with van der Waals surface area (Å²) < 4.78 is 27.7. The minimum Gasteiger partial charge on any atom is -0.207 e. The summed E-state index contributed by atoms with van der Waals surface area (Å²) in [6.07, 6.45) is 0.549. The molecule has 0 unspecified atom stereocenters. The second kappa shape index (κ2) is 7.45.